The van der Waals surface area contributed by atoms with Gasteiger partial charge in [-0.2, -0.15) is 0 Å². The number of hydrogen-bond donors (Lipinski definition) is 1. The Kier molecular flexibility index (Phi) is 6.18. The molecule has 154 valence electrons. The van der Waals surface area contributed by atoms with E-state index < -0.39 is 0 Å². The quantitative estimate of drug-likeness (QED) is 0.508. The highest BCUT2D eigenvalue weighted by Gasteiger charge is 2.28. The van der Waals surface area contributed by atoms with E-state index in [1.165, 1.54) is 16.7 Å². The summed E-state index contributed by atoms with van der Waals surface area (Å²) in [4.78, 5) is 12.7. The summed E-state index contributed by atoms with van der Waals surface area (Å²) in [6.07, 6.45) is 4.55. The van der Waals surface area contributed by atoms with Gasteiger partial charge in [-0.15, -0.1) is 0 Å². The first-order valence-electron chi connectivity index (χ1n) is 10.7. The molecule has 3 aromatic rings. The van der Waals surface area contributed by atoms with E-state index in [0.717, 1.165) is 37.9 Å². The summed E-state index contributed by atoms with van der Waals surface area (Å²) < 4.78 is 6.18. The topological polar surface area (TPSA) is 46.5 Å². The third-order valence-corrected chi connectivity index (χ3v) is 5.95. The van der Waals surface area contributed by atoms with Gasteiger partial charge >= 0.3 is 0 Å². The van der Waals surface area contributed by atoms with Crippen LogP contribution in [-0.2, 0) is 6.42 Å². The molecule has 0 spiro atoms. The predicted octanol–water partition coefficient (Wildman–Crippen LogP) is 6.11. The molecule has 3 heteroatoms. The van der Waals surface area contributed by atoms with Gasteiger partial charge in [0.15, 0.2) is 5.78 Å². The molecule has 0 heterocycles. The molecular weight excluding hydrogens is 372 g/mol. The highest BCUT2D eigenvalue weighted by Crippen LogP contribution is 2.30. The largest absolute Gasteiger partial charge is 0.508 e. The van der Waals surface area contributed by atoms with Crippen molar-refractivity contribution in [3.8, 4) is 11.5 Å². The van der Waals surface area contributed by atoms with Crippen LogP contribution in [0.1, 0.15) is 52.7 Å². The summed E-state index contributed by atoms with van der Waals surface area (Å²) in [7, 11) is 0. The van der Waals surface area contributed by atoms with Gasteiger partial charge in [-0.3, -0.25) is 4.79 Å². The smallest absolute Gasteiger partial charge is 0.165 e. The fourth-order valence-corrected chi connectivity index (χ4v) is 4.12. The molecule has 4 rings (SSSR count). The van der Waals surface area contributed by atoms with Gasteiger partial charge in [-0.25, -0.2) is 0 Å². The summed E-state index contributed by atoms with van der Waals surface area (Å²) in [5.74, 6) is 1.31. The van der Waals surface area contributed by atoms with Crippen LogP contribution in [-0.4, -0.2) is 17.0 Å². The minimum atomic E-state index is 0.0475. The average Bonchev–Trinajstić information content (AvgIpc) is 2.77. The van der Waals surface area contributed by atoms with Crippen molar-refractivity contribution in [2.45, 2.75) is 45.1 Å². The number of aromatic hydroxyl groups is 1. The van der Waals surface area contributed by atoms with Crippen molar-refractivity contribution < 1.29 is 14.6 Å². The fraction of sp³-hybridized carbons (Fsp3) is 0.296. The van der Waals surface area contributed by atoms with Crippen LogP contribution in [0.2, 0.25) is 0 Å². The molecule has 3 nitrogen and oxygen atoms in total. The van der Waals surface area contributed by atoms with Crippen LogP contribution < -0.4 is 4.74 Å². The van der Waals surface area contributed by atoms with Crippen LogP contribution in [0, 0.1) is 12.8 Å². The second-order valence-electron chi connectivity index (χ2n) is 8.31. The van der Waals surface area contributed by atoms with Gasteiger partial charge in [0.05, 0.1) is 6.10 Å². The third kappa shape index (κ3) is 5.10. The average molecular weight is 401 g/mol. The molecule has 0 bridgehead atoms. The molecule has 0 radical (unpaired) electrons. The van der Waals surface area contributed by atoms with Gasteiger partial charge in [0.25, 0.3) is 0 Å². The number of carbonyl (C=O) groups is 1. The molecule has 0 aromatic heterocycles. The van der Waals surface area contributed by atoms with Crippen molar-refractivity contribution in [2.75, 3.05) is 0 Å². The van der Waals surface area contributed by atoms with E-state index in [-0.39, 0.29) is 23.6 Å². The van der Waals surface area contributed by atoms with Crippen molar-refractivity contribution in [1.29, 1.82) is 0 Å². The van der Waals surface area contributed by atoms with E-state index in [9.17, 15) is 9.90 Å². The SMILES string of the molecule is Cc1ccc(Cc2ccc(OC3CCC(C(=O)c4ccc(O)cc4)CC3)cc2)cc1. The maximum absolute atomic E-state index is 12.7. The van der Waals surface area contributed by atoms with E-state index >= 15 is 0 Å². The van der Waals surface area contributed by atoms with Crippen molar-refractivity contribution in [3.05, 3.63) is 95.1 Å². The molecule has 30 heavy (non-hydrogen) atoms. The molecule has 1 aliphatic carbocycles. The second-order valence-corrected chi connectivity index (χ2v) is 8.31. The zero-order valence-corrected chi connectivity index (χ0v) is 17.4. The Morgan fingerprint density at radius 3 is 2.00 bits per heavy atom. The van der Waals surface area contributed by atoms with Crippen LogP contribution >= 0.6 is 0 Å². The molecular formula is C27H28O3. The van der Waals surface area contributed by atoms with E-state index in [1.807, 2.05) is 0 Å². The number of Topliss-reactive ketones (excluding diaryl/α,β-unsaturated/α-hetero) is 1. The minimum absolute atomic E-state index is 0.0475. The van der Waals surface area contributed by atoms with Gasteiger partial charge in [0.1, 0.15) is 11.5 Å². The molecule has 0 aliphatic heterocycles. The number of benzene rings is 3. The zero-order valence-electron chi connectivity index (χ0n) is 17.4. The van der Waals surface area contributed by atoms with Crippen LogP contribution in [0.4, 0.5) is 0 Å². The van der Waals surface area contributed by atoms with Crippen molar-refractivity contribution in [2.24, 2.45) is 5.92 Å². The van der Waals surface area contributed by atoms with Crippen molar-refractivity contribution in [1.82, 2.24) is 0 Å². The van der Waals surface area contributed by atoms with Crippen LogP contribution in [0.5, 0.6) is 11.5 Å². The molecule has 1 saturated carbocycles. The Hall–Kier alpha value is -3.07. The van der Waals surface area contributed by atoms with Gasteiger partial charge in [-0.1, -0.05) is 42.0 Å². The molecule has 0 amide bonds. The summed E-state index contributed by atoms with van der Waals surface area (Å²) in [5.41, 5.74) is 4.55. The van der Waals surface area contributed by atoms with E-state index in [1.54, 1.807) is 24.3 Å². The summed E-state index contributed by atoms with van der Waals surface area (Å²) >= 11 is 0. The van der Waals surface area contributed by atoms with Gasteiger partial charge in [0, 0.05) is 11.5 Å². The van der Waals surface area contributed by atoms with Gasteiger partial charge < -0.3 is 9.84 Å². The number of phenolic OH excluding ortho intramolecular Hbond substituents is 1. The van der Waals surface area contributed by atoms with E-state index in [0.29, 0.717) is 5.56 Å². The molecule has 0 saturated heterocycles. The van der Waals surface area contributed by atoms with Crippen LogP contribution in [0.25, 0.3) is 0 Å². The molecule has 0 atom stereocenters. The standard InChI is InChI=1S/C27H28O3/c1-19-2-4-20(5-3-19)18-21-6-14-25(15-7-21)30-26-16-10-23(11-17-26)27(29)22-8-12-24(28)13-9-22/h2-9,12-15,23,26,28H,10-11,16-18H2,1H3. The lowest BCUT2D eigenvalue weighted by atomic mass is 9.82. The van der Waals surface area contributed by atoms with E-state index in [2.05, 4.69) is 55.5 Å². The maximum Gasteiger partial charge on any atom is 0.165 e. The highest BCUT2D eigenvalue weighted by atomic mass is 16.5. The number of rotatable bonds is 6. The summed E-state index contributed by atoms with van der Waals surface area (Å²) in [5, 5.41) is 9.40. The lowest BCUT2D eigenvalue weighted by Gasteiger charge is -2.28. The molecule has 1 N–H and O–H groups in total. The number of aryl methyl sites for hydroxylation is 1. The maximum atomic E-state index is 12.7. The van der Waals surface area contributed by atoms with Gasteiger partial charge in [-0.05, 0) is 86.6 Å². The predicted molar refractivity (Wildman–Crippen MR) is 119 cm³/mol. The summed E-state index contributed by atoms with van der Waals surface area (Å²) in [6.45, 7) is 2.10. The molecule has 1 fully saturated rings. The Balaban J connectivity index is 1.28. The molecule has 3 aromatic carbocycles. The van der Waals surface area contributed by atoms with Crippen molar-refractivity contribution >= 4 is 5.78 Å². The highest BCUT2D eigenvalue weighted by molar-refractivity contribution is 5.98. The first kappa shape index (κ1) is 20.2. The molecule has 1 aliphatic rings. The van der Waals surface area contributed by atoms with Crippen LogP contribution in [0.15, 0.2) is 72.8 Å². The number of phenols is 1. The zero-order chi connectivity index (χ0) is 20.9. The lowest BCUT2D eigenvalue weighted by molar-refractivity contribution is 0.0807. The number of ether oxygens (including phenoxy) is 1. The van der Waals surface area contributed by atoms with Crippen molar-refractivity contribution in [3.63, 3.8) is 0 Å². The third-order valence-electron chi connectivity index (χ3n) is 5.95. The number of carbonyl (C=O) groups excluding carboxylic acids is 1. The minimum Gasteiger partial charge on any atom is -0.508 e. The monoisotopic (exact) mass is 400 g/mol. The molecule has 0 unspecified atom stereocenters. The lowest BCUT2D eigenvalue weighted by Crippen LogP contribution is -2.28. The van der Waals surface area contributed by atoms with E-state index in [4.69, 9.17) is 4.74 Å². The summed E-state index contributed by atoms with van der Waals surface area (Å²) in [6, 6.07) is 23.6. The fourth-order valence-electron chi connectivity index (χ4n) is 4.12. The Labute approximate surface area is 178 Å². The second kappa shape index (κ2) is 9.17. The first-order valence-corrected chi connectivity index (χ1v) is 10.7. The normalized spacial score (nSPS) is 18.7. The Morgan fingerprint density at radius 1 is 0.833 bits per heavy atom. The Bertz CT molecular complexity index is 964. The number of hydrogen-bond acceptors (Lipinski definition) is 3. The van der Waals surface area contributed by atoms with Crippen LogP contribution in [0.3, 0.4) is 0 Å². The van der Waals surface area contributed by atoms with Gasteiger partial charge in [0.2, 0.25) is 0 Å². The first-order chi connectivity index (χ1) is 14.6. The Morgan fingerprint density at radius 2 is 1.40 bits per heavy atom. The number of ketones is 1.